The first-order chi connectivity index (χ1) is 4.29. The maximum atomic E-state index is 10.5. The van der Waals surface area contributed by atoms with Crippen molar-refractivity contribution >= 4 is 11.9 Å². The van der Waals surface area contributed by atoms with E-state index in [9.17, 15) is 9.59 Å². The molecule has 3 amide bonds. The molecule has 0 aromatic carbocycles. The molecule has 5 heteroatoms. The van der Waals surface area contributed by atoms with Crippen LogP contribution in [0.3, 0.4) is 0 Å². The van der Waals surface area contributed by atoms with Gasteiger partial charge in [0, 0.05) is 0 Å². The maximum absolute atomic E-state index is 10.5. The van der Waals surface area contributed by atoms with Crippen LogP contribution in [0.5, 0.6) is 0 Å². The third-order valence-corrected chi connectivity index (χ3v) is 0.944. The summed E-state index contributed by atoms with van der Waals surface area (Å²) in [5.74, 6) is -0.173. The lowest BCUT2D eigenvalue weighted by Crippen LogP contribution is -2.34. The Bertz CT molecular complexity index is 129. The average molecular weight is 129 g/mol. The Morgan fingerprint density at radius 3 is 2.67 bits per heavy atom. The molecule has 0 aromatic heterocycles. The van der Waals surface area contributed by atoms with Gasteiger partial charge in [-0.2, -0.15) is 0 Å². The monoisotopic (exact) mass is 129 g/mol. The van der Waals surface area contributed by atoms with Gasteiger partial charge in [-0.25, -0.2) is 4.79 Å². The molecule has 0 unspecified atom stereocenters. The number of rotatable bonds is 0. The van der Waals surface area contributed by atoms with Gasteiger partial charge in [0.1, 0.15) is 0 Å². The van der Waals surface area contributed by atoms with Crippen molar-refractivity contribution in [2.24, 2.45) is 0 Å². The summed E-state index contributed by atoms with van der Waals surface area (Å²) in [5, 5.41) is 7.17. The third kappa shape index (κ3) is 1.60. The van der Waals surface area contributed by atoms with Gasteiger partial charge >= 0.3 is 6.03 Å². The van der Waals surface area contributed by atoms with Crippen LogP contribution >= 0.6 is 0 Å². The molecular weight excluding hydrogens is 122 g/mol. The predicted octanol–water partition coefficient (Wildman–Crippen LogP) is -1.63. The van der Waals surface area contributed by atoms with Gasteiger partial charge in [-0.05, 0) is 0 Å². The van der Waals surface area contributed by atoms with E-state index in [0.29, 0.717) is 0 Å². The summed E-state index contributed by atoms with van der Waals surface area (Å²) < 4.78 is 0. The van der Waals surface area contributed by atoms with Gasteiger partial charge in [-0.15, -0.1) is 0 Å². The lowest BCUT2D eigenvalue weighted by Gasteiger charge is -1.95. The minimum Gasteiger partial charge on any atom is -0.337 e. The zero-order valence-corrected chi connectivity index (χ0v) is 4.73. The lowest BCUT2D eigenvalue weighted by molar-refractivity contribution is -0.119. The van der Waals surface area contributed by atoms with Crippen molar-refractivity contribution in [2.45, 2.75) is 0 Å². The molecule has 0 aromatic rings. The molecule has 0 bridgehead atoms. The summed E-state index contributed by atoms with van der Waals surface area (Å²) >= 11 is 0. The second-order valence-electron chi connectivity index (χ2n) is 1.64. The fourth-order valence-electron chi connectivity index (χ4n) is 0.509. The largest absolute Gasteiger partial charge is 0.337 e. The van der Waals surface area contributed by atoms with E-state index in [1.165, 1.54) is 0 Å². The number of hydrogen-bond donors (Lipinski definition) is 3. The van der Waals surface area contributed by atoms with Gasteiger partial charge in [0.2, 0.25) is 5.91 Å². The van der Waals surface area contributed by atoms with E-state index >= 15 is 0 Å². The Morgan fingerprint density at radius 1 is 1.11 bits per heavy atom. The van der Waals surface area contributed by atoms with E-state index < -0.39 is 0 Å². The van der Waals surface area contributed by atoms with Crippen LogP contribution in [0.15, 0.2) is 0 Å². The van der Waals surface area contributed by atoms with Gasteiger partial charge in [-0.3, -0.25) is 4.79 Å². The first-order valence-corrected chi connectivity index (χ1v) is 2.57. The molecule has 1 aliphatic rings. The van der Waals surface area contributed by atoms with Crippen molar-refractivity contribution in [2.75, 3.05) is 13.2 Å². The van der Waals surface area contributed by atoms with Gasteiger partial charge in [0.15, 0.2) is 0 Å². The highest BCUT2D eigenvalue weighted by atomic mass is 16.2. The Morgan fingerprint density at radius 2 is 1.89 bits per heavy atom. The summed E-state index contributed by atoms with van der Waals surface area (Å²) in [6.45, 7) is 0.274. The topological polar surface area (TPSA) is 70.2 Å². The van der Waals surface area contributed by atoms with Gasteiger partial charge in [-0.1, -0.05) is 0 Å². The maximum Gasteiger partial charge on any atom is 0.316 e. The minimum absolute atomic E-state index is 0.0613. The molecule has 1 aliphatic heterocycles. The molecule has 1 rings (SSSR count). The Kier molecular flexibility index (Phi) is 1.53. The highest BCUT2D eigenvalue weighted by molar-refractivity contribution is 5.85. The summed E-state index contributed by atoms with van der Waals surface area (Å²) in [7, 11) is 0. The number of urea groups is 1. The number of hydrogen-bond acceptors (Lipinski definition) is 2. The smallest absolute Gasteiger partial charge is 0.316 e. The van der Waals surface area contributed by atoms with Crippen LogP contribution in [0, 0.1) is 0 Å². The van der Waals surface area contributed by atoms with Gasteiger partial charge < -0.3 is 16.0 Å². The number of nitrogens with one attached hydrogen (secondary N) is 3. The first-order valence-electron chi connectivity index (χ1n) is 2.57. The second-order valence-corrected chi connectivity index (χ2v) is 1.64. The highest BCUT2D eigenvalue weighted by Gasteiger charge is 2.07. The zero-order chi connectivity index (χ0) is 6.69. The molecule has 0 saturated carbocycles. The minimum atomic E-state index is -0.312. The summed E-state index contributed by atoms with van der Waals surface area (Å²) in [5.41, 5.74) is 0. The molecular formula is C4H7N3O2. The standard InChI is InChI=1S/C4H7N3O2/c8-3-1-5-4(9)7-2-6-3/h1-2H2,(H,6,8)(H2,5,7,9). The normalized spacial score (nSPS) is 19.1. The zero-order valence-electron chi connectivity index (χ0n) is 4.73. The lowest BCUT2D eigenvalue weighted by atomic mass is 10.6. The molecule has 1 saturated heterocycles. The molecule has 5 nitrogen and oxygen atoms in total. The Labute approximate surface area is 51.8 Å². The van der Waals surface area contributed by atoms with Crippen molar-refractivity contribution in [3.05, 3.63) is 0 Å². The van der Waals surface area contributed by atoms with Crippen molar-refractivity contribution in [1.82, 2.24) is 16.0 Å². The van der Waals surface area contributed by atoms with Crippen LogP contribution in [0.25, 0.3) is 0 Å². The van der Waals surface area contributed by atoms with E-state index in [1.54, 1.807) is 0 Å². The van der Waals surface area contributed by atoms with Crippen LogP contribution in [-0.4, -0.2) is 25.2 Å². The number of amides is 3. The quantitative estimate of drug-likeness (QED) is 0.367. The summed E-state index contributed by atoms with van der Waals surface area (Å²) in [6, 6.07) is -0.312. The van der Waals surface area contributed by atoms with E-state index in [-0.39, 0.29) is 25.2 Å². The average Bonchev–Trinajstić information content (AvgIpc) is 1.97. The molecule has 3 N–H and O–H groups in total. The molecule has 9 heavy (non-hydrogen) atoms. The van der Waals surface area contributed by atoms with E-state index in [0.717, 1.165) is 0 Å². The first kappa shape index (κ1) is 5.87. The van der Waals surface area contributed by atoms with Gasteiger partial charge in [0.05, 0.1) is 13.2 Å². The molecule has 0 radical (unpaired) electrons. The predicted molar refractivity (Wildman–Crippen MR) is 29.5 cm³/mol. The number of carbonyl (C=O) groups is 2. The number of carbonyl (C=O) groups excluding carboxylic acids is 2. The van der Waals surface area contributed by atoms with Crippen LogP contribution in [0.4, 0.5) is 4.79 Å². The van der Waals surface area contributed by atoms with Crippen molar-refractivity contribution < 1.29 is 9.59 Å². The SMILES string of the molecule is O=C1CNC(=O)NCN1. The van der Waals surface area contributed by atoms with Crippen LogP contribution in [-0.2, 0) is 4.79 Å². The van der Waals surface area contributed by atoms with Crippen molar-refractivity contribution in [3.63, 3.8) is 0 Å². The molecule has 1 fully saturated rings. The van der Waals surface area contributed by atoms with Gasteiger partial charge in [0.25, 0.3) is 0 Å². The van der Waals surface area contributed by atoms with Crippen LogP contribution in [0.1, 0.15) is 0 Å². The van der Waals surface area contributed by atoms with Crippen LogP contribution in [0.2, 0.25) is 0 Å². The highest BCUT2D eigenvalue weighted by Crippen LogP contribution is 1.70. The Balaban J connectivity index is 2.43. The van der Waals surface area contributed by atoms with Crippen molar-refractivity contribution in [3.8, 4) is 0 Å². The fourth-order valence-corrected chi connectivity index (χ4v) is 0.509. The Hall–Kier alpha value is -1.26. The molecule has 1 heterocycles. The molecule has 0 spiro atoms. The molecule has 50 valence electrons. The fraction of sp³-hybridized carbons (Fsp3) is 0.500. The van der Waals surface area contributed by atoms with E-state index in [4.69, 9.17) is 0 Å². The molecule has 0 aliphatic carbocycles. The van der Waals surface area contributed by atoms with Crippen LogP contribution < -0.4 is 16.0 Å². The summed E-state index contributed by atoms with van der Waals surface area (Å²) in [4.78, 5) is 20.9. The van der Waals surface area contributed by atoms with E-state index in [1.807, 2.05) is 0 Å². The third-order valence-electron chi connectivity index (χ3n) is 0.944. The summed E-state index contributed by atoms with van der Waals surface area (Å²) in [6.07, 6.45) is 0. The van der Waals surface area contributed by atoms with E-state index in [2.05, 4.69) is 16.0 Å². The molecule has 0 atom stereocenters. The van der Waals surface area contributed by atoms with Crippen molar-refractivity contribution in [1.29, 1.82) is 0 Å². The second kappa shape index (κ2) is 2.34.